The van der Waals surface area contributed by atoms with Gasteiger partial charge in [-0.05, 0) is 19.3 Å². The molecule has 316 valence electrons. The van der Waals surface area contributed by atoms with Gasteiger partial charge in [0.1, 0.15) is 0 Å². The van der Waals surface area contributed by atoms with Crippen LogP contribution in [0.3, 0.4) is 0 Å². The van der Waals surface area contributed by atoms with Gasteiger partial charge in [-0.25, -0.2) is 0 Å². The molecule has 0 fully saturated rings. The summed E-state index contributed by atoms with van der Waals surface area (Å²) in [4.78, 5) is 12.3. The Morgan fingerprint density at radius 1 is 0.434 bits per heavy atom. The zero-order chi connectivity index (χ0) is 38.6. The fourth-order valence-corrected chi connectivity index (χ4v) is 7.77. The molecule has 0 aliphatic heterocycles. The van der Waals surface area contributed by atoms with Gasteiger partial charge >= 0.3 is 0 Å². The molecular formula is C49H97NO3. The Balaban J connectivity index is 3.35. The quantitative estimate of drug-likeness (QED) is 0.0429. The summed E-state index contributed by atoms with van der Waals surface area (Å²) in [6, 6.07) is -0.615. The van der Waals surface area contributed by atoms with E-state index in [1.807, 2.05) is 6.08 Å². The lowest BCUT2D eigenvalue weighted by Gasteiger charge is -2.20. The van der Waals surface area contributed by atoms with Gasteiger partial charge in [0, 0.05) is 6.42 Å². The van der Waals surface area contributed by atoms with Crippen LogP contribution in [0, 0.1) is 0 Å². The number of amides is 1. The average Bonchev–Trinajstić information content (AvgIpc) is 3.16. The molecule has 0 aromatic rings. The topological polar surface area (TPSA) is 69.6 Å². The summed E-state index contributed by atoms with van der Waals surface area (Å²) in [5, 5.41) is 22.9. The van der Waals surface area contributed by atoms with Crippen LogP contribution in [0.5, 0.6) is 0 Å². The van der Waals surface area contributed by atoms with Crippen LogP contribution in [0.1, 0.15) is 277 Å². The Morgan fingerprint density at radius 3 is 0.981 bits per heavy atom. The molecule has 0 spiro atoms. The van der Waals surface area contributed by atoms with E-state index >= 15 is 0 Å². The molecule has 2 atom stereocenters. The maximum absolute atomic E-state index is 12.3. The summed E-state index contributed by atoms with van der Waals surface area (Å²) in [7, 11) is 0. The van der Waals surface area contributed by atoms with Crippen LogP contribution in [-0.2, 0) is 4.79 Å². The number of aliphatic hydroxyl groups is 2. The molecule has 0 rings (SSSR count). The second kappa shape index (κ2) is 45.5. The lowest BCUT2D eigenvalue weighted by atomic mass is 10.0. The smallest absolute Gasteiger partial charge is 0.220 e. The third kappa shape index (κ3) is 42.1. The van der Waals surface area contributed by atoms with Gasteiger partial charge in [-0.15, -0.1) is 0 Å². The minimum Gasteiger partial charge on any atom is -0.394 e. The first kappa shape index (κ1) is 52.1. The monoisotopic (exact) mass is 748 g/mol. The number of aliphatic hydroxyl groups excluding tert-OH is 2. The number of carbonyl (C=O) groups is 1. The number of allylic oxidation sites excluding steroid dienone is 1. The molecule has 0 aliphatic rings. The molecule has 0 aromatic heterocycles. The Bertz CT molecular complexity index is 725. The van der Waals surface area contributed by atoms with Crippen molar-refractivity contribution in [1.82, 2.24) is 5.32 Å². The van der Waals surface area contributed by atoms with Crippen molar-refractivity contribution in [3.63, 3.8) is 0 Å². The second-order valence-electron chi connectivity index (χ2n) is 16.9. The molecule has 0 bridgehead atoms. The first-order valence-corrected chi connectivity index (χ1v) is 24.4. The van der Waals surface area contributed by atoms with Crippen molar-refractivity contribution >= 4 is 5.91 Å². The van der Waals surface area contributed by atoms with Crippen molar-refractivity contribution in [3.8, 4) is 0 Å². The van der Waals surface area contributed by atoms with Crippen molar-refractivity contribution < 1.29 is 15.0 Å². The van der Waals surface area contributed by atoms with Crippen LogP contribution in [0.15, 0.2) is 12.2 Å². The Kier molecular flexibility index (Phi) is 44.8. The van der Waals surface area contributed by atoms with Crippen LogP contribution in [0.2, 0.25) is 0 Å². The summed E-state index contributed by atoms with van der Waals surface area (Å²) >= 11 is 0. The van der Waals surface area contributed by atoms with Gasteiger partial charge in [-0.1, -0.05) is 264 Å². The van der Waals surface area contributed by atoms with E-state index in [-0.39, 0.29) is 12.5 Å². The molecule has 0 aromatic carbocycles. The summed E-state index contributed by atoms with van der Waals surface area (Å²) in [6.45, 7) is 4.30. The zero-order valence-corrected chi connectivity index (χ0v) is 36.3. The fourth-order valence-electron chi connectivity index (χ4n) is 7.77. The van der Waals surface area contributed by atoms with Crippen LogP contribution < -0.4 is 5.32 Å². The first-order chi connectivity index (χ1) is 26.2. The number of carbonyl (C=O) groups excluding carboxylic acids is 1. The van der Waals surface area contributed by atoms with E-state index in [0.717, 1.165) is 25.7 Å². The first-order valence-electron chi connectivity index (χ1n) is 24.4. The predicted octanol–water partition coefficient (Wildman–Crippen LogP) is 15.4. The van der Waals surface area contributed by atoms with Crippen molar-refractivity contribution in [2.75, 3.05) is 6.61 Å². The number of hydrogen-bond donors (Lipinski definition) is 3. The highest BCUT2D eigenvalue weighted by atomic mass is 16.3. The number of hydrogen-bond acceptors (Lipinski definition) is 3. The third-order valence-electron chi connectivity index (χ3n) is 11.5. The highest BCUT2D eigenvalue weighted by Crippen LogP contribution is 2.17. The number of rotatable bonds is 45. The molecule has 3 N–H and O–H groups in total. The van der Waals surface area contributed by atoms with Gasteiger partial charge in [0.25, 0.3) is 0 Å². The second-order valence-corrected chi connectivity index (χ2v) is 16.9. The maximum Gasteiger partial charge on any atom is 0.220 e. The highest BCUT2D eigenvalue weighted by molar-refractivity contribution is 5.76. The minimum absolute atomic E-state index is 0.0610. The number of unbranched alkanes of at least 4 members (excludes halogenated alkanes) is 38. The van der Waals surface area contributed by atoms with Gasteiger partial charge < -0.3 is 15.5 Å². The fraction of sp³-hybridized carbons (Fsp3) is 0.939. The Labute approximate surface area is 333 Å². The van der Waals surface area contributed by atoms with E-state index in [1.165, 1.54) is 231 Å². The molecule has 0 heterocycles. The van der Waals surface area contributed by atoms with Crippen LogP contribution in [-0.4, -0.2) is 34.9 Å². The number of nitrogens with one attached hydrogen (secondary N) is 1. The molecule has 4 heteroatoms. The Morgan fingerprint density at radius 2 is 0.698 bits per heavy atom. The standard InChI is InChI=1S/C49H97NO3/c1-3-5-7-9-11-13-14-15-16-17-18-19-20-21-22-23-24-25-26-27-28-29-30-31-32-33-34-35-37-39-41-43-45-49(53)50-47(46-51)48(52)44-42-40-38-36-12-10-8-6-4-2/h42,44,47-48,51-52H,3-41,43,45-46H2,1-2H3,(H,50,53)/b44-42+/t47-,48+/m0/s1. The lowest BCUT2D eigenvalue weighted by Crippen LogP contribution is -2.45. The van der Waals surface area contributed by atoms with E-state index in [2.05, 4.69) is 19.2 Å². The summed E-state index contributed by atoms with van der Waals surface area (Å²) in [5.41, 5.74) is 0. The van der Waals surface area contributed by atoms with E-state index in [1.54, 1.807) is 6.08 Å². The SMILES string of the molecule is CCCCCCCCC/C=C/[C@@H](O)[C@H](CO)NC(=O)CCCCCCCCCCCCCCCCCCCCCCCCCCCCCCCCCC. The van der Waals surface area contributed by atoms with Crippen molar-refractivity contribution in [2.24, 2.45) is 0 Å². The zero-order valence-electron chi connectivity index (χ0n) is 36.3. The molecule has 0 radical (unpaired) electrons. The van der Waals surface area contributed by atoms with Gasteiger partial charge in [0.05, 0.1) is 18.8 Å². The van der Waals surface area contributed by atoms with Gasteiger partial charge in [-0.2, -0.15) is 0 Å². The molecule has 0 aliphatic carbocycles. The van der Waals surface area contributed by atoms with Crippen molar-refractivity contribution in [1.29, 1.82) is 0 Å². The summed E-state index contributed by atoms with van der Waals surface area (Å²) in [6.07, 6.45) is 58.0. The normalized spacial score (nSPS) is 12.9. The van der Waals surface area contributed by atoms with Crippen LogP contribution >= 0.6 is 0 Å². The van der Waals surface area contributed by atoms with E-state index < -0.39 is 12.1 Å². The van der Waals surface area contributed by atoms with Gasteiger partial charge in [0.2, 0.25) is 5.91 Å². The average molecular weight is 748 g/mol. The third-order valence-corrected chi connectivity index (χ3v) is 11.5. The summed E-state index contributed by atoms with van der Waals surface area (Å²) in [5.74, 6) is -0.0610. The van der Waals surface area contributed by atoms with Crippen molar-refractivity contribution in [2.45, 2.75) is 289 Å². The van der Waals surface area contributed by atoms with Gasteiger partial charge in [-0.3, -0.25) is 4.79 Å². The summed E-state index contributed by atoms with van der Waals surface area (Å²) < 4.78 is 0. The molecule has 0 saturated carbocycles. The predicted molar refractivity (Wildman–Crippen MR) is 235 cm³/mol. The molecular weight excluding hydrogens is 651 g/mol. The molecule has 1 amide bonds. The van der Waals surface area contributed by atoms with Crippen LogP contribution in [0.4, 0.5) is 0 Å². The highest BCUT2D eigenvalue weighted by Gasteiger charge is 2.18. The molecule has 0 saturated heterocycles. The van der Waals surface area contributed by atoms with Gasteiger partial charge in [0.15, 0.2) is 0 Å². The van der Waals surface area contributed by atoms with E-state index in [0.29, 0.717) is 6.42 Å². The van der Waals surface area contributed by atoms with Crippen LogP contribution in [0.25, 0.3) is 0 Å². The Hall–Kier alpha value is -0.870. The minimum atomic E-state index is -0.832. The van der Waals surface area contributed by atoms with E-state index in [4.69, 9.17) is 0 Å². The van der Waals surface area contributed by atoms with E-state index in [9.17, 15) is 15.0 Å². The largest absolute Gasteiger partial charge is 0.394 e. The van der Waals surface area contributed by atoms with Crippen molar-refractivity contribution in [3.05, 3.63) is 12.2 Å². The molecule has 53 heavy (non-hydrogen) atoms. The lowest BCUT2D eigenvalue weighted by molar-refractivity contribution is -0.123. The maximum atomic E-state index is 12.3. The molecule has 0 unspecified atom stereocenters. The molecule has 4 nitrogen and oxygen atoms in total.